The lowest BCUT2D eigenvalue weighted by Crippen LogP contribution is -2.22. The molecule has 1 aromatic rings. The maximum atomic E-state index is 12.0. The summed E-state index contributed by atoms with van der Waals surface area (Å²) in [6.07, 6.45) is -0.569. The number of pyridine rings is 1. The van der Waals surface area contributed by atoms with Crippen LogP contribution in [0.25, 0.3) is 0 Å². The molecule has 4 nitrogen and oxygen atoms in total. The van der Waals surface area contributed by atoms with E-state index in [2.05, 4.69) is 15.0 Å². The van der Waals surface area contributed by atoms with E-state index in [0.717, 1.165) is 5.56 Å². The van der Waals surface area contributed by atoms with Crippen LogP contribution in [0.5, 0.6) is 5.75 Å². The molecule has 0 fully saturated rings. The molecule has 1 N–H and O–H groups in total. The van der Waals surface area contributed by atoms with Crippen molar-refractivity contribution in [3.8, 4) is 5.75 Å². The van der Waals surface area contributed by atoms with Crippen molar-refractivity contribution in [3.05, 3.63) is 24.0 Å². The fourth-order valence-electron chi connectivity index (χ4n) is 1.83. The van der Waals surface area contributed by atoms with Gasteiger partial charge in [0.1, 0.15) is 12.4 Å². The van der Waals surface area contributed by atoms with E-state index in [1.54, 1.807) is 19.4 Å². The summed E-state index contributed by atoms with van der Waals surface area (Å²) in [7, 11) is 1.74. The van der Waals surface area contributed by atoms with Gasteiger partial charge in [0.25, 0.3) is 0 Å². The Hall–Kier alpha value is -1.34. The van der Waals surface area contributed by atoms with E-state index in [-0.39, 0.29) is 18.8 Å². The molecule has 0 saturated carbocycles. The fraction of sp³-hybridized carbons (Fsp3) is 0.643. The summed E-state index contributed by atoms with van der Waals surface area (Å²) in [4.78, 5) is 4.09. The number of nitrogens with one attached hydrogen (secondary N) is 1. The average molecular weight is 306 g/mol. The number of aromatic nitrogens is 1. The highest BCUT2D eigenvalue weighted by Gasteiger charge is 2.27. The lowest BCUT2D eigenvalue weighted by Gasteiger charge is -2.18. The SMILES string of the molecule is CNC(CCOCC(F)(F)F)c1cncc(OC(C)C)c1. The third kappa shape index (κ3) is 7.29. The Morgan fingerprint density at radius 3 is 2.57 bits per heavy atom. The Morgan fingerprint density at radius 1 is 1.29 bits per heavy atom. The smallest absolute Gasteiger partial charge is 0.411 e. The van der Waals surface area contributed by atoms with Gasteiger partial charge in [-0.1, -0.05) is 0 Å². The van der Waals surface area contributed by atoms with Gasteiger partial charge in [-0.25, -0.2) is 0 Å². The van der Waals surface area contributed by atoms with E-state index in [4.69, 9.17) is 4.74 Å². The molecular weight excluding hydrogens is 285 g/mol. The molecule has 0 saturated heterocycles. The van der Waals surface area contributed by atoms with E-state index in [1.165, 1.54) is 0 Å². The van der Waals surface area contributed by atoms with Crippen LogP contribution in [-0.2, 0) is 4.74 Å². The fourth-order valence-corrected chi connectivity index (χ4v) is 1.83. The first-order valence-electron chi connectivity index (χ1n) is 6.75. The van der Waals surface area contributed by atoms with Crippen LogP contribution in [0.2, 0.25) is 0 Å². The van der Waals surface area contributed by atoms with Gasteiger partial charge in [-0.3, -0.25) is 4.98 Å². The van der Waals surface area contributed by atoms with Crippen LogP contribution in [0, 0.1) is 0 Å². The summed E-state index contributed by atoms with van der Waals surface area (Å²) in [5.74, 6) is 0.638. The first-order valence-corrected chi connectivity index (χ1v) is 6.75. The standard InChI is InChI=1S/C14H21F3N2O2/c1-10(2)21-12-6-11(7-19-8-12)13(18-3)4-5-20-9-14(15,16)17/h6-8,10,13,18H,4-5,9H2,1-3H3. The molecule has 21 heavy (non-hydrogen) atoms. The number of hydrogen-bond acceptors (Lipinski definition) is 4. The molecule has 0 radical (unpaired) electrons. The topological polar surface area (TPSA) is 43.4 Å². The van der Waals surface area contributed by atoms with Gasteiger partial charge in [0.05, 0.1) is 12.3 Å². The van der Waals surface area contributed by atoms with E-state index in [1.807, 2.05) is 19.9 Å². The minimum Gasteiger partial charge on any atom is -0.489 e. The second-order valence-corrected chi connectivity index (χ2v) is 4.92. The summed E-state index contributed by atoms with van der Waals surface area (Å²) >= 11 is 0. The Balaban J connectivity index is 2.55. The van der Waals surface area contributed by atoms with Crippen LogP contribution in [-0.4, -0.2) is 37.5 Å². The molecule has 120 valence electrons. The van der Waals surface area contributed by atoms with E-state index >= 15 is 0 Å². The molecule has 0 spiro atoms. The van der Waals surface area contributed by atoms with Gasteiger partial charge in [-0.05, 0) is 38.9 Å². The molecule has 7 heteroatoms. The van der Waals surface area contributed by atoms with Gasteiger partial charge in [0, 0.05) is 18.8 Å². The number of alkyl halides is 3. The van der Waals surface area contributed by atoms with Crippen molar-refractivity contribution in [2.75, 3.05) is 20.3 Å². The highest BCUT2D eigenvalue weighted by Crippen LogP contribution is 2.21. The molecule has 1 atom stereocenters. The van der Waals surface area contributed by atoms with Crippen molar-refractivity contribution in [3.63, 3.8) is 0 Å². The van der Waals surface area contributed by atoms with Gasteiger partial charge in [0.2, 0.25) is 0 Å². The molecular formula is C14H21F3N2O2. The largest absolute Gasteiger partial charge is 0.489 e. The first-order chi connectivity index (χ1) is 9.81. The van der Waals surface area contributed by atoms with Crippen LogP contribution in [0.15, 0.2) is 18.5 Å². The van der Waals surface area contributed by atoms with Crippen molar-refractivity contribution in [2.45, 2.75) is 38.6 Å². The molecule has 0 bridgehead atoms. The van der Waals surface area contributed by atoms with E-state index in [9.17, 15) is 13.2 Å². The monoisotopic (exact) mass is 306 g/mol. The lowest BCUT2D eigenvalue weighted by molar-refractivity contribution is -0.174. The van der Waals surface area contributed by atoms with Crippen molar-refractivity contribution in [1.82, 2.24) is 10.3 Å². The lowest BCUT2D eigenvalue weighted by atomic mass is 10.1. The van der Waals surface area contributed by atoms with Crippen molar-refractivity contribution >= 4 is 0 Å². The Bertz CT molecular complexity index is 425. The number of nitrogens with zero attached hydrogens (tertiary/aromatic N) is 1. The van der Waals surface area contributed by atoms with Crippen molar-refractivity contribution in [2.24, 2.45) is 0 Å². The third-order valence-electron chi connectivity index (χ3n) is 2.67. The number of ether oxygens (including phenoxy) is 2. The summed E-state index contributed by atoms with van der Waals surface area (Å²) in [5.41, 5.74) is 0.853. The number of rotatable bonds is 8. The van der Waals surface area contributed by atoms with E-state index in [0.29, 0.717) is 12.2 Å². The molecule has 1 unspecified atom stereocenters. The van der Waals surface area contributed by atoms with Crippen LogP contribution < -0.4 is 10.1 Å². The molecule has 0 aliphatic heterocycles. The van der Waals surface area contributed by atoms with Crippen LogP contribution in [0.3, 0.4) is 0 Å². The van der Waals surface area contributed by atoms with Gasteiger partial charge in [-0.15, -0.1) is 0 Å². The Labute approximate surface area is 122 Å². The summed E-state index contributed by atoms with van der Waals surface area (Å²) in [6.45, 7) is 2.61. The normalized spacial score (nSPS) is 13.5. The summed E-state index contributed by atoms with van der Waals surface area (Å²) in [6, 6.07) is 1.69. The molecule has 0 aliphatic carbocycles. The molecule has 1 rings (SSSR count). The van der Waals surface area contributed by atoms with Gasteiger partial charge in [-0.2, -0.15) is 13.2 Å². The second kappa shape index (κ2) is 8.19. The summed E-state index contributed by atoms with van der Waals surface area (Å²) in [5, 5.41) is 3.04. The van der Waals surface area contributed by atoms with Crippen molar-refractivity contribution < 1.29 is 22.6 Å². The van der Waals surface area contributed by atoms with Crippen LogP contribution in [0.4, 0.5) is 13.2 Å². The predicted octanol–water partition coefficient (Wildman–Crippen LogP) is 3.10. The molecule has 1 heterocycles. The second-order valence-electron chi connectivity index (χ2n) is 4.92. The zero-order chi connectivity index (χ0) is 15.9. The molecule has 1 aromatic heterocycles. The minimum atomic E-state index is -4.29. The zero-order valence-electron chi connectivity index (χ0n) is 12.4. The maximum absolute atomic E-state index is 12.0. The van der Waals surface area contributed by atoms with E-state index < -0.39 is 12.8 Å². The van der Waals surface area contributed by atoms with Crippen LogP contribution >= 0.6 is 0 Å². The Kier molecular flexibility index (Phi) is 6.91. The molecule has 0 amide bonds. The summed E-state index contributed by atoms with van der Waals surface area (Å²) < 4.78 is 46.2. The zero-order valence-corrected chi connectivity index (χ0v) is 12.4. The quantitative estimate of drug-likeness (QED) is 0.750. The number of halogens is 3. The first kappa shape index (κ1) is 17.7. The highest BCUT2D eigenvalue weighted by atomic mass is 19.4. The minimum absolute atomic E-state index is 0.0142. The third-order valence-corrected chi connectivity index (χ3v) is 2.67. The number of hydrogen-bond donors (Lipinski definition) is 1. The van der Waals surface area contributed by atoms with Crippen molar-refractivity contribution in [1.29, 1.82) is 0 Å². The van der Waals surface area contributed by atoms with Gasteiger partial charge < -0.3 is 14.8 Å². The van der Waals surface area contributed by atoms with Gasteiger partial charge in [0.15, 0.2) is 0 Å². The van der Waals surface area contributed by atoms with Gasteiger partial charge >= 0.3 is 6.18 Å². The molecule has 0 aliphatic rings. The maximum Gasteiger partial charge on any atom is 0.411 e. The highest BCUT2D eigenvalue weighted by molar-refractivity contribution is 5.26. The van der Waals surface area contributed by atoms with Crippen LogP contribution in [0.1, 0.15) is 31.9 Å². The Morgan fingerprint density at radius 2 is 2.00 bits per heavy atom. The molecule has 0 aromatic carbocycles. The predicted molar refractivity (Wildman–Crippen MR) is 73.3 cm³/mol. The average Bonchev–Trinajstić information content (AvgIpc) is 2.37.